The molecule has 0 unspecified atom stereocenters. The topological polar surface area (TPSA) is 87.4 Å². The van der Waals surface area contributed by atoms with E-state index < -0.39 is 0 Å². The first-order valence-corrected chi connectivity index (χ1v) is 10.7. The Morgan fingerprint density at radius 2 is 1.83 bits per heavy atom. The second kappa shape index (κ2) is 12.9. The number of aliphatic imine (C=N–C) groups is 1. The van der Waals surface area contributed by atoms with Crippen molar-refractivity contribution in [2.24, 2.45) is 4.99 Å². The van der Waals surface area contributed by atoms with Gasteiger partial charge in [0.1, 0.15) is 0 Å². The number of hydrogen-bond donors (Lipinski definition) is 1. The van der Waals surface area contributed by atoms with Gasteiger partial charge in [-0.2, -0.15) is 0 Å². The number of nitrogens with one attached hydrogen (secondary N) is 1. The van der Waals surface area contributed by atoms with Crippen LogP contribution in [0.3, 0.4) is 0 Å². The molecule has 0 radical (unpaired) electrons. The van der Waals surface area contributed by atoms with E-state index in [1.807, 2.05) is 11.8 Å². The maximum atomic E-state index is 12.4. The van der Waals surface area contributed by atoms with E-state index in [2.05, 4.69) is 17.1 Å². The Labute approximate surface area is 173 Å². The highest BCUT2D eigenvalue weighted by Gasteiger charge is 2.25. The molecule has 8 nitrogen and oxygen atoms in total. The summed E-state index contributed by atoms with van der Waals surface area (Å²) < 4.78 is 10.1. The third kappa shape index (κ3) is 7.79. The number of amides is 1. The van der Waals surface area contributed by atoms with E-state index in [1.54, 1.807) is 12.1 Å². The Balaban J connectivity index is 1.69. The van der Waals surface area contributed by atoms with E-state index in [0.717, 1.165) is 57.8 Å². The van der Waals surface area contributed by atoms with E-state index in [4.69, 9.17) is 14.1 Å². The smallest absolute Gasteiger partial charge is 0.305 e. The van der Waals surface area contributed by atoms with Crippen molar-refractivity contribution in [3.05, 3.63) is 24.2 Å². The van der Waals surface area contributed by atoms with Gasteiger partial charge in [0.15, 0.2) is 11.7 Å². The summed E-state index contributed by atoms with van der Waals surface area (Å²) in [5.41, 5.74) is 0. The summed E-state index contributed by atoms with van der Waals surface area (Å²) in [6.45, 7) is 8.70. The zero-order valence-electron chi connectivity index (χ0n) is 17.7. The minimum atomic E-state index is -0.107. The molecule has 0 saturated carbocycles. The van der Waals surface area contributed by atoms with E-state index in [-0.39, 0.29) is 11.9 Å². The molecule has 1 aliphatic heterocycles. The van der Waals surface area contributed by atoms with Gasteiger partial charge in [0.25, 0.3) is 5.91 Å². The Bertz CT molecular complexity index is 637. The molecular weight excluding hydrogens is 372 g/mol. The zero-order valence-corrected chi connectivity index (χ0v) is 17.7. The van der Waals surface area contributed by atoms with Gasteiger partial charge >= 0.3 is 5.97 Å². The van der Waals surface area contributed by atoms with Gasteiger partial charge in [-0.15, -0.1) is 0 Å². The Hall–Kier alpha value is -2.51. The van der Waals surface area contributed by atoms with Crippen LogP contribution in [0.2, 0.25) is 0 Å². The standard InChI is InChI=1S/C21H34N4O4/c1-3-22-21(23-12-8-6-5-7-11-19(26)28-4-2)25-15-13-24(14-16-25)20(27)18-10-9-17-29-18/h9-10,17H,3-8,11-16H2,1-2H3,(H,22,23). The molecule has 0 atom stereocenters. The predicted molar refractivity (Wildman–Crippen MR) is 112 cm³/mol. The molecular formula is C21H34N4O4. The van der Waals surface area contributed by atoms with Gasteiger partial charge in [-0.05, 0) is 38.8 Å². The first-order chi connectivity index (χ1) is 14.2. The molecule has 0 bridgehead atoms. The number of nitrogens with zero attached hydrogens (tertiary/aromatic N) is 3. The number of unbranched alkanes of at least 4 members (excludes halogenated alkanes) is 3. The van der Waals surface area contributed by atoms with Crippen LogP contribution < -0.4 is 5.32 Å². The van der Waals surface area contributed by atoms with Crippen molar-refractivity contribution >= 4 is 17.8 Å². The molecule has 2 rings (SSSR count). The van der Waals surface area contributed by atoms with E-state index in [1.165, 1.54) is 6.26 Å². The van der Waals surface area contributed by atoms with E-state index in [9.17, 15) is 9.59 Å². The lowest BCUT2D eigenvalue weighted by atomic mass is 10.1. The zero-order chi connectivity index (χ0) is 20.9. The lowest BCUT2D eigenvalue weighted by Gasteiger charge is -2.36. The summed E-state index contributed by atoms with van der Waals surface area (Å²) in [7, 11) is 0. The van der Waals surface area contributed by atoms with Crippen LogP contribution in [0, 0.1) is 0 Å². The minimum absolute atomic E-state index is 0.0561. The van der Waals surface area contributed by atoms with Gasteiger partial charge in [-0.25, -0.2) is 0 Å². The molecule has 1 aromatic heterocycles. The van der Waals surface area contributed by atoms with Gasteiger partial charge in [0, 0.05) is 45.7 Å². The second-order valence-corrected chi connectivity index (χ2v) is 6.96. The number of carbonyl (C=O) groups excluding carboxylic acids is 2. The van der Waals surface area contributed by atoms with Crippen LogP contribution in [0.5, 0.6) is 0 Å². The molecule has 0 spiro atoms. The fraction of sp³-hybridized carbons (Fsp3) is 0.667. The van der Waals surface area contributed by atoms with Gasteiger partial charge in [-0.1, -0.05) is 12.8 Å². The van der Waals surface area contributed by atoms with Crippen LogP contribution in [-0.4, -0.2) is 73.5 Å². The summed E-state index contributed by atoms with van der Waals surface area (Å²) in [6.07, 6.45) is 5.95. The largest absolute Gasteiger partial charge is 0.466 e. The molecule has 162 valence electrons. The summed E-state index contributed by atoms with van der Waals surface area (Å²) in [5.74, 6) is 1.13. The molecule has 1 N–H and O–H groups in total. The molecule has 8 heteroatoms. The van der Waals surface area contributed by atoms with Gasteiger partial charge < -0.3 is 24.3 Å². The molecule has 1 saturated heterocycles. The van der Waals surface area contributed by atoms with Crippen LogP contribution in [0.1, 0.15) is 56.5 Å². The quantitative estimate of drug-likeness (QED) is 0.278. The number of guanidine groups is 1. The minimum Gasteiger partial charge on any atom is -0.466 e. The molecule has 0 aliphatic carbocycles. The van der Waals surface area contributed by atoms with Crippen LogP contribution in [0.25, 0.3) is 0 Å². The lowest BCUT2D eigenvalue weighted by Crippen LogP contribution is -2.53. The van der Waals surface area contributed by atoms with Crippen molar-refractivity contribution in [3.8, 4) is 0 Å². The van der Waals surface area contributed by atoms with Crippen molar-refractivity contribution in [2.45, 2.75) is 46.0 Å². The molecule has 29 heavy (non-hydrogen) atoms. The average Bonchev–Trinajstić information content (AvgIpc) is 3.27. The summed E-state index contributed by atoms with van der Waals surface area (Å²) >= 11 is 0. The third-order valence-electron chi connectivity index (χ3n) is 4.79. The van der Waals surface area contributed by atoms with Crippen LogP contribution in [-0.2, 0) is 9.53 Å². The maximum absolute atomic E-state index is 12.4. The van der Waals surface area contributed by atoms with E-state index in [0.29, 0.717) is 31.9 Å². The summed E-state index contributed by atoms with van der Waals surface area (Å²) in [6, 6.07) is 3.43. The molecule has 1 fully saturated rings. The second-order valence-electron chi connectivity index (χ2n) is 6.96. The van der Waals surface area contributed by atoms with Gasteiger partial charge in [-0.3, -0.25) is 14.6 Å². The molecule has 0 aromatic carbocycles. The predicted octanol–water partition coefficient (Wildman–Crippen LogP) is 2.52. The normalized spacial score (nSPS) is 14.8. The van der Waals surface area contributed by atoms with Crippen molar-refractivity contribution in [3.63, 3.8) is 0 Å². The summed E-state index contributed by atoms with van der Waals surface area (Å²) in [4.78, 5) is 32.5. The SMILES string of the molecule is CCNC(=NCCCCCCC(=O)OCC)N1CCN(C(=O)c2ccco2)CC1. The van der Waals surface area contributed by atoms with Gasteiger partial charge in [0.2, 0.25) is 0 Å². The molecule has 2 heterocycles. The van der Waals surface area contributed by atoms with Crippen LogP contribution in [0.4, 0.5) is 0 Å². The third-order valence-corrected chi connectivity index (χ3v) is 4.79. The highest BCUT2D eigenvalue weighted by atomic mass is 16.5. The summed E-state index contributed by atoms with van der Waals surface area (Å²) in [5, 5.41) is 3.35. The van der Waals surface area contributed by atoms with Crippen LogP contribution >= 0.6 is 0 Å². The lowest BCUT2D eigenvalue weighted by molar-refractivity contribution is -0.143. The highest BCUT2D eigenvalue weighted by Crippen LogP contribution is 2.10. The molecule has 1 aliphatic rings. The Morgan fingerprint density at radius 3 is 2.48 bits per heavy atom. The van der Waals surface area contributed by atoms with Crippen molar-refractivity contribution < 1.29 is 18.7 Å². The molecule has 1 amide bonds. The van der Waals surface area contributed by atoms with Crippen molar-refractivity contribution in [1.29, 1.82) is 0 Å². The maximum Gasteiger partial charge on any atom is 0.305 e. The average molecular weight is 407 g/mol. The number of esters is 1. The monoisotopic (exact) mass is 406 g/mol. The fourth-order valence-corrected chi connectivity index (χ4v) is 3.26. The van der Waals surface area contributed by atoms with Crippen LogP contribution in [0.15, 0.2) is 27.8 Å². The number of carbonyl (C=O) groups is 2. The fourth-order valence-electron chi connectivity index (χ4n) is 3.26. The number of hydrogen-bond acceptors (Lipinski definition) is 5. The number of ether oxygens (including phenoxy) is 1. The first kappa shape index (κ1) is 22.8. The number of piperazine rings is 1. The Kier molecular flexibility index (Phi) is 10.1. The Morgan fingerprint density at radius 1 is 1.10 bits per heavy atom. The first-order valence-electron chi connectivity index (χ1n) is 10.7. The van der Waals surface area contributed by atoms with Crippen molar-refractivity contribution in [2.75, 3.05) is 45.9 Å². The number of furan rings is 1. The van der Waals surface area contributed by atoms with E-state index >= 15 is 0 Å². The van der Waals surface area contributed by atoms with Gasteiger partial charge in [0.05, 0.1) is 12.9 Å². The molecule has 1 aromatic rings. The van der Waals surface area contributed by atoms with Crippen molar-refractivity contribution in [1.82, 2.24) is 15.1 Å². The highest BCUT2D eigenvalue weighted by molar-refractivity contribution is 5.91. The number of rotatable bonds is 10.